The summed E-state index contributed by atoms with van der Waals surface area (Å²) >= 11 is 1.58. The predicted octanol–water partition coefficient (Wildman–Crippen LogP) is 5.57. The zero-order valence-electron chi connectivity index (χ0n) is 19.5. The monoisotopic (exact) mass is 503 g/mol. The van der Waals surface area contributed by atoms with E-state index in [1.807, 2.05) is 11.6 Å². The number of hydrogen-bond acceptors (Lipinski definition) is 6. The number of benzene rings is 1. The Balaban J connectivity index is 1.21. The smallest absolute Gasteiger partial charge is 0.405 e. The fourth-order valence-electron chi connectivity index (χ4n) is 6.33. The molecule has 2 aliphatic heterocycles. The van der Waals surface area contributed by atoms with Gasteiger partial charge in [0.1, 0.15) is 16.6 Å². The second-order valence-electron chi connectivity index (χ2n) is 10.1. The zero-order valence-corrected chi connectivity index (χ0v) is 20.4. The lowest BCUT2D eigenvalue weighted by Crippen LogP contribution is -2.42. The molecule has 0 amide bonds. The number of aryl methyl sites for hydroxylation is 2. The Morgan fingerprint density at radius 2 is 1.89 bits per heavy atom. The Hall–Kier alpha value is -2.62. The van der Waals surface area contributed by atoms with Gasteiger partial charge < -0.3 is 9.64 Å². The highest BCUT2D eigenvalue weighted by Gasteiger charge is 2.43. The van der Waals surface area contributed by atoms with Gasteiger partial charge in [0.25, 0.3) is 0 Å². The molecule has 4 heterocycles. The molecule has 6 rings (SSSR count). The van der Waals surface area contributed by atoms with Gasteiger partial charge in [-0.1, -0.05) is 18.2 Å². The van der Waals surface area contributed by atoms with Crippen molar-refractivity contribution in [3.8, 4) is 5.75 Å². The van der Waals surface area contributed by atoms with Gasteiger partial charge in [0.15, 0.2) is 5.82 Å². The van der Waals surface area contributed by atoms with Gasteiger partial charge in [-0.3, -0.25) is 0 Å². The maximum Gasteiger partial charge on any atom is 0.573 e. The van der Waals surface area contributed by atoms with Gasteiger partial charge >= 0.3 is 6.36 Å². The molecule has 1 saturated heterocycles. The van der Waals surface area contributed by atoms with Crippen LogP contribution < -0.4 is 9.64 Å². The largest absolute Gasteiger partial charge is 0.573 e. The van der Waals surface area contributed by atoms with Crippen LogP contribution in [0.15, 0.2) is 30.3 Å². The van der Waals surface area contributed by atoms with Crippen LogP contribution in [0.3, 0.4) is 0 Å². The maximum atomic E-state index is 13.0. The molecule has 2 bridgehead atoms. The van der Waals surface area contributed by atoms with E-state index in [9.17, 15) is 13.2 Å². The molecule has 1 aromatic carbocycles. The second kappa shape index (κ2) is 8.80. The fourth-order valence-corrected chi connectivity index (χ4v) is 7.10. The minimum absolute atomic E-state index is 0.147. The summed E-state index contributed by atoms with van der Waals surface area (Å²) in [6.07, 6.45) is 0.130. The summed E-state index contributed by atoms with van der Waals surface area (Å²) in [6.45, 7) is 4.87. The first-order chi connectivity index (χ1) is 16.8. The SMILES string of the molecule is Cc1cc(N2C[C@H]3CC[C@@H](C2)C3Cc2nc3n(n2)CCCC3c2ccccc2OC(F)(F)F)sn1. The molecule has 0 N–H and O–H groups in total. The molecule has 1 saturated carbocycles. The van der Waals surface area contributed by atoms with Crippen molar-refractivity contribution < 1.29 is 17.9 Å². The Morgan fingerprint density at radius 3 is 2.60 bits per heavy atom. The van der Waals surface area contributed by atoms with Crippen LogP contribution in [0.5, 0.6) is 5.75 Å². The van der Waals surface area contributed by atoms with Crippen LogP contribution in [-0.2, 0) is 13.0 Å². The molecule has 2 aromatic heterocycles. The molecule has 3 aliphatic rings. The Bertz CT molecular complexity index is 1190. The van der Waals surface area contributed by atoms with E-state index in [4.69, 9.17) is 10.1 Å². The molecule has 2 unspecified atom stereocenters. The van der Waals surface area contributed by atoms with E-state index >= 15 is 0 Å². The van der Waals surface area contributed by atoms with E-state index < -0.39 is 6.36 Å². The molecule has 35 heavy (non-hydrogen) atoms. The average molecular weight is 504 g/mol. The van der Waals surface area contributed by atoms with E-state index in [0.717, 1.165) is 56.2 Å². The van der Waals surface area contributed by atoms with Crippen molar-refractivity contribution in [2.45, 2.75) is 57.9 Å². The van der Waals surface area contributed by atoms with Crippen molar-refractivity contribution in [2.75, 3.05) is 18.0 Å². The number of aromatic nitrogens is 4. The molecular formula is C25H28F3N5OS. The summed E-state index contributed by atoms with van der Waals surface area (Å²) in [6, 6.07) is 8.60. The fraction of sp³-hybridized carbons (Fsp3) is 0.560. The van der Waals surface area contributed by atoms with Crippen molar-refractivity contribution in [1.82, 2.24) is 19.1 Å². The zero-order chi connectivity index (χ0) is 24.2. The minimum atomic E-state index is -4.73. The van der Waals surface area contributed by atoms with Crippen LogP contribution in [0.25, 0.3) is 0 Å². The van der Waals surface area contributed by atoms with E-state index in [-0.39, 0.29) is 11.7 Å². The van der Waals surface area contributed by atoms with Gasteiger partial charge in [0.2, 0.25) is 0 Å². The molecular weight excluding hydrogens is 475 g/mol. The number of nitrogens with zero attached hydrogens (tertiary/aromatic N) is 5. The number of para-hydroxylation sites is 1. The van der Waals surface area contributed by atoms with Gasteiger partial charge in [0.05, 0.1) is 5.69 Å². The van der Waals surface area contributed by atoms with Crippen molar-refractivity contribution in [1.29, 1.82) is 0 Å². The lowest BCUT2D eigenvalue weighted by molar-refractivity contribution is -0.275. The summed E-state index contributed by atoms with van der Waals surface area (Å²) in [4.78, 5) is 7.40. The highest BCUT2D eigenvalue weighted by Crippen LogP contribution is 2.45. The number of fused-ring (bicyclic) bond motifs is 3. The molecule has 186 valence electrons. The first kappa shape index (κ1) is 22.8. The van der Waals surface area contributed by atoms with E-state index in [1.165, 1.54) is 23.9 Å². The molecule has 0 spiro atoms. The van der Waals surface area contributed by atoms with E-state index in [2.05, 4.69) is 20.1 Å². The first-order valence-electron chi connectivity index (χ1n) is 12.3. The third kappa shape index (κ3) is 4.52. The van der Waals surface area contributed by atoms with Gasteiger partial charge in [0, 0.05) is 37.5 Å². The average Bonchev–Trinajstić information content (AvgIpc) is 3.48. The number of anilines is 1. The Morgan fingerprint density at radius 1 is 1.11 bits per heavy atom. The second-order valence-corrected chi connectivity index (χ2v) is 10.9. The van der Waals surface area contributed by atoms with Crippen molar-refractivity contribution in [3.63, 3.8) is 0 Å². The molecule has 1 aliphatic carbocycles. The minimum Gasteiger partial charge on any atom is -0.405 e. The summed E-state index contributed by atoms with van der Waals surface area (Å²) in [5.41, 5.74) is 1.60. The predicted molar refractivity (Wildman–Crippen MR) is 127 cm³/mol. The topological polar surface area (TPSA) is 56.1 Å². The Kier molecular flexibility index (Phi) is 5.74. The molecule has 6 nitrogen and oxygen atoms in total. The van der Waals surface area contributed by atoms with Crippen molar-refractivity contribution >= 4 is 16.5 Å². The number of ether oxygens (including phenoxy) is 1. The molecule has 10 heteroatoms. The normalized spacial score (nSPS) is 26.1. The number of piperidine rings is 1. The van der Waals surface area contributed by atoms with Crippen LogP contribution >= 0.6 is 11.5 Å². The lowest BCUT2D eigenvalue weighted by Gasteiger charge is -2.38. The first-order valence-corrected chi connectivity index (χ1v) is 13.1. The molecule has 0 radical (unpaired) electrons. The van der Waals surface area contributed by atoms with Crippen LogP contribution in [0, 0.1) is 24.7 Å². The van der Waals surface area contributed by atoms with Crippen LogP contribution in [0.2, 0.25) is 0 Å². The van der Waals surface area contributed by atoms with E-state index in [1.54, 1.807) is 29.7 Å². The number of halogens is 3. The summed E-state index contributed by atoms with van der Waals surface area (Å²) < 4.78 is 49.7. The number of rotatable bonds is 5. The summed E-state index contributed by atoms with van der Waals surface area (Å²) in [5.74, 6) is 2.94. The summed E-state index contributed by atoms with van der Waals surface area (Å²) in [5, 5.41) is 6.08. The number of hydrogen-bond donors (Lipinski definition) is 0. The molecule has 2 fully saturated rings. The van der Waals surface area contributed by atoms with Crippen LogP contribution in [-0.4, -0.2) is 38.6 Å². The Labute approximate surface area is 206 Å². The van der Waals surface area contributed by atoms with Gasteiger partial charge in [-0.25, -0.2) is 9.67 Å². The third-order valence-corrected chi connectivity index (χ3v) is 8.76. The quantitative estimate of drug-likeness (QED) is 0.456. The lowest BCUT2D eigenvalue weighted by atomic mass is 9.82. The van der Waals surface area contributed by atoms with Gasteiger partial charge in [-0.15, -0.1) is 13.2 Å². The van der Waals surface area contributed by atoms with Crippen molar-refractivity contribution in [3.05, 3.63) is 53.2 Å². The van der Waals surface area contributed by atoms with Crippen molar-refractivity contribution in [2.24, 2.45) is 17.8 Å². The van der Waals surface area contributed by atoms with E-state index in [0.29, 0.717) is 23.3 Å². The third-order valence-electron chi connectivity index (χ3n) is 7.81. The summed E-state index contributed by atoms with van der Waals surface area (Å²) in [7, 11) is 0. The van der Waals surface area contributed by atoms with Crippen LogP contribution in [0.1, 0.15) is 54.5 Å². The maximum absolute atomic E-state index is 13.0. The highest BCUT2D eigenvalue weighted by atomic mass is 32.1. The molecule has 4 atom stereocenters. The number of alkyl halides is 3. The molecule has 3 aromatic rings. The standard InChI is InChI=1S/C25H28F3N5OS/c1-15-11-23(35-31-15)32-13-16-8-9-17(14-32)20(16)12-22-29-24-19(6-4-10-33(24)30-22)18-5-2-3-7-21(18)34-25(26,27)28/h2-3,5,7,11,16-17,19-20H,4,6,8-10,12-14H2,1H3/t16-,17+,19?,20?. The van der Waals surface area contributed by atoms with Crippen LogP contribution in [0.4, 0.5) is 18.2 Å². The van der Waals surface area contributed by atoms with Gasteiger partial charge in [-0.2, -0.15) is 9.47 Å². The van der Waals surface area contributed by atoms with Gasteiger partial charge in [-0.05, 0) is 74.0 Å². The highest BCUT2D eigenvalue weighted by molar-refractivity contribution is 7.10.